The summed E-state index contributed by atoms with van der Waals surface area (Å²) in [5, 5.41) is 7.58. The van der Waals surface area contributed by atoms with Crippen molar-refractivity contribution in [2.24, 2.45) is 5.73 Å². The summed E-state index contributed by atoms with van der Waals surface area (Å²) in [4.78, 5) is 0.177. The predicted octanol–water partition coefficient (Wildman–Crippen LogP) is 2.47. The number of amidine groups is 1. The van der Waals surface area contributed by atoms with Crippen LogP contribution in [0.2, 0.25) is 0 Å². The second kappa shape index (κ2) is 5.57. The van der Waals surface area contributed by atoms with Gasteiger partial charge in [-0.15, -0.1) is 0 Å². The number of rotatable bonds is 4. The van der Waals surface area contributed by atoms with Gasteiger partial charge < -0.3 is 10.5 Å². The number of nitrogens with one attached hydrogen (secondary N) is 1. The van der Waals surface area contributed by atoms with Crippen LogP contribution in [0.15, 0.2) is 47.4 Å². The molecule has 0 aliphatic carbocycles. The van der Waals surface area contributed by atoms with Crippen LogP contribution in [0.1, 0.15) is 11.1 Å². The molecule has 3 N–H and O–H groups in total. The second-order valence-electron chi connectivity index (χ2n) is 4.76. The molecule has 0 bridgehead atoms. The summed E-state index contributed by atoms with van der Waals surface area (Å²) in [6.07, 6.45) is 1.14. The Labute approximate surface area is 123 Å². The molecule has 5 nitrogen and oxygen atoms in total. The summed E-state index contributed by atoms with van der Waals surface area (Å²) in [7, 11) is -3.30. The van der Waals surface area contributed by atoms with E-state index >= 15 is 0 Å². The first kappa shape index (κ1) is 15.1. The zero-order valence-corrected chi connectivity index (χ0v) is 12.6. The van der Waals surface area contributed by atoms with Crippen LogP contribution in [0.25, 0.3) is 0 Å². The van der Waals surface area contributed by atoms with Crippen LogP contribution in [-0.4, -0.2) is 20.5 Å². The topological polar surface area (TPSA) is 93.2 Å². The van der Waals surface area contributed by atoms with Gasteiger partial charge in [-0.05, 0) is 37.3 Å². The lowest BCUT2D eigenvalue weighted by Crippen LogP contribution is -2.12. The van der Waals surface area contributed by atoms with Crippen LogP contribution in [0.3, 0.4) is 0 Å². The molecular formula is C15H16N2O3S. The van der Waals surface area contributed by atoms with E-state index < -0.39 is 9.84 Å². The Hall–Kier alpha value is -2.34. The highest BCUT2D eigenvalue weighted by Crippen LogP contribution is 2.27. The molecule has 0 aliphatic rings. The average molecular weight is 304 g/mol. The van der Waals surface area contributed by atoms with Crippen LogP contribution in [0, 0.1) is 12.3 Å². The molecule has 6 heteroatoms. The van der Waals surface area contributed by atoms with Crippen LogP contribution < -0.4 is 10.5 Å². The van der Waals surface area contributed by atoms with Crippen molar-refractivity contribution in [2.45, 2.75) is 11.8 Å². The maximum atomic E-state index is 11.5. The van der Waals surface area contributed by atoms with Crippen molar-refractivity contribution >= 4 is 15.7 Å². The minimum Gasteiger partial charge on any atom is -0.457 e. The van der Waals surface area contributed by atoms with Crippen LogP contribution in [-0.2, 0) is 9.84 Å². The number of aryl methyl sites for hydroxylation is 1. The molecule has 0 fully saturated rings. The van der Waals surface area contributed by atoms with Crippen molar-refractivity contribution in [3.05, 3.63) is 53.6 Å². The van der Waals surface area contributed by atoms with Crippen molar-refractivity contribution in [1.82, 2.24) is 0 Å². The van der Waals surface area contributed by atoms with Crippen LogP contribution in [0.5, 0.6) is 11.5 Å². The fourth-order valence-electron chi connectivity index (χ4n) is 1.84. The molecule has 0 saturated heterocycles. The van der Waals surface area contributed by atoms with E-state index in [-0.39, 0.29) is 10.7 Å². The third kappa shape index (κ3) is 3.61. The van der Waals surface area contributed by atoms with Crippen molar-refractivity contribution in [1.29, 1.82) is 5.41 Å². The quantitative estimate of drug-likeness (QED) is 0.670. The predicted molar refractivity (Wildman–Crippen MR) is 81.8 cm³/mol. The Kier molecular flexibility index (Phi) is 3.99. The Bertz CT molecular complexity index is 798. The molecule has 0 aliphatic heterocycles. The maximum absolute atomic E-state index is 11.5. The SMILES string of the molecule is Cc1ccc(Oc2cccc(S(C)(=O)=O)c2)c(C(=N)N)c1. The van der Waals surface area contributed by atoms with Crippen LogP contribution in [0.4, 0.5) is 0 Å². The van der Waals surface area contributed by atoms with Crippen LogP contribution >= 0.6 is 0 Å². The lowest BCUT2D eigenvalue weighted by Gasteiger charge is -2.11. The highest BCUT2D eigenvalue weighted by atomic mass is 32.2. The Morgan fingerprint density at radius 3 is 2.52 bits per heavy atom. The lowest BCUT2D eigenvalue weighted by atomic mass is 10.1. The van der Waals surface area contributed by atoms with Gasteiger partial charge in [0.2, 0.25) is 0 Å². The molecule has 0 saturated carbocycles. The van der Waals surface area contributed by atoms with Crippen molar-refractivity contribution < 1.29 is 13.2 Å². The highest BCUT2D eigenvalue weighted by Gasteiger charge is 2.11. The molecule has 110 valence electrons. The number of nitrogens with two attached hydrogens (primary N) is 1. The summed E-state index contributed by atoms with van der Waals surface area (Å²) in [6, 6.07) is 11.5. The first-order valence-electron chi connectivity index (χ1n) is 6.20. The van der Waals surface area contributed by atoms with E-state index in [1.54, 1.807) is 24.3 Å². The zero-order valence-electron chi connectivity index (χ0n) is 11.8. The van der Waals surface area contributed by atoms with Gasteiger partial charge in [0.15, 0.2) is 9.84 Å². The Morgan fingerprint density at radius 2 is 1.90 bits per heavy atom. The number of benzene rings is 2. The molecule has 21 heavy (non-hydrogen) atoms. The van der Waals surface area contributed by atoms with Gasteiger partial charge in [-0.1, -0.05) is 17.7 Å². The molecule has 0 amide bonds. The van der Waals surface area contributed by atoms with Gasteiger partial charge in [-0.2, -0.15) is 0 Å². The van der Waals surface area contributed by atoms with Gasteiger partial charge in [0.1, 0.15) is 17.3 Å². The van der Waals surface area contributed by atoms with E-state index in [4.69, 9.17) is 15.9 Å². The lowest BCUT2D eigenvalue weighted by molar-refractivity contribution is 0.479. The second-order valence-corrected chi connectivity index (χ2v) is 6.78. The van der Waals surface area contributed by atoms with Gasteiger partial charge in [-0.25, -0.2) is 8.42 Å². The molecule has 2 aromatic carbocycles. The van der Waals surface area contributed by atoms with E-state index in [1.807, 2.05) is 13.0 Å². The van der Waals surface area contributed by atoms with E-state index in [9.17, 15) is 8.42 Å². The third-order valence-electron chi connectivity index (χ3n) is 2.89. The van der Waals surface area contributed by atoms with E-state index in [1.165, 1.54) is 12.1 Å². The molecule has 2 aromatic rings. The largest absolute Gasteiger partial charge is 0.457 e. The third-order valence-corrected chi connectivity index (χ3v) is 4.00. The molecule has 0 heterocycles. The zero-order chi connectivity index (χ0) is 15.6. The number of sulfone groups is 1. The molecule has 0 atom stereocenters. The van der Waals surface area contributed by atoms with Gasteiger partial charge >= 0.3 is 0 Å². The van der Waals surface area contributed by atoms with Crippen molar-refractivity contribution in [3.63, 3.8) is 0 Å². The van der Waals surface area contributed by atoms with E-state index in [0.29, 0.717) is 17.1 Å². The standard InChI is InChI=1S/C15H16N2O3S/c1-10-6-7-14(13(8-10)15(16)17)20-11-4-3-5-12(9-11)21(2,18)19/h3-9H,1-2H3,(H3,16,17). The maximum Gasteiger partial charge on any atom is 0.175 e. The molecule has 2 rings (SSSR count). The minimum atomic E-state index is -3.30. The summed E-state index contributed by atoms with van der Waals surface area (Å²) >= 11 is 0. The highest BCUT2D eigenvalue weighted by molar-refractivity contribution is 7.90. The van der Waals surface area contributed by atoms with Crippen molar-refractivity contribution in [3.8, 4) is 11.5 Å². The normalized spacial score (nSPS) is 11.1. The Balaban J connectivity index is 2.41. The first-order valence-corrected chi connectivity index (χ1v) is 8.09. The molecule has 0 radical (unpaired) electrons. The summed E-state index contributed by atoms with van der Waals surface area (Å²) < 4.78 is 28.8. The van der Waals surface area contributed by atoms with Crippen molar-refractivity contribution in [2.75, 3.05) is 6.26 Å². The van der Waals surface area contributed by atoms with E-state index in [2.05, 4.69) is 0 Å². The number of hydrogen-bond donors (Lipinski definition) is 2. The number of hydrogen-bond acceptors (Lipinski definition) is 4. The monoisotopic (exact) mass is 304 g/mol. The van der Waals surface area contributed by atoms with Gasteiger partial charge in [-0.3, -0.25) is 5.41 Å². The van der Waals surface area contributed by atoms with E-state index in [0.717, 1.165) is 11.8 Å². The smallest absolute Gasteiger partial charge is 0.175 e. The Morgan fingerprint density at radius 1 is 1.19 bits per heavy atom. The number of ether oxygens (including phenoxy) is 1. The fraction of sp³-hybridized carbons (Fsp3) is 0.133. The minimum absolute atomic E-state index is 0.104. The fourth-order valence-corrected chi connectivity index (χ4v) is 2.49. The molecule has 0 aromatic heterocycles. The van der Waals surface area contributed by atoms with Gasteiger partial charge in [0.05, 0.1) is 10.5 Å². The average Bonchev–Trinajstić information content (AvgIpc) is 2.40. The van der Waals surface area contributed by atoms with Gasteiger partial charge in [0, 0.05) is 6.26 Å². The molecule has 0 spiro atoms. The molecule has 0 unspecified atom stereocenters. The molecular weight excluding hydrogens is 288 g/mol. The summed E-state index contributed by atoms with van der Waals surface area (Å²) in [6.45, 7) is 1.89. The van der Waals surface area contributed by atoms with Gasteiger partial charge in [0.25, 0.3) is 0 Å². The first-order chi connectivity index (χ1) is 9.77. The summed E-state index contributed by atoms with van der Waals surface area (Å²) in [5.41, 5.74) is 6.97. The summed E-state index contributed by atoms with van der Waals surface area (Å²) in [5.74, 6) is 0.691. The number of nitrogen functional groups attached to an aromatic ring is 1.